The molecule has 0 radical (unpaired) electrons. The lowest BCUT2D eigenvalue weighted by Crippen LogP contribution is -2.00. The van der Waals surface area contributed by atoms with Crippen LogP contribution in [0.1, 0.15) is 17.1 Å². The molecule has 0 saturated carbocycles. The Morgan fingerprint density at radius 2 is 1.92 bits per heavy atom. The Morgan fingerprint density at radius 1 is 1.08 bits per heavy atom. The van der Waals surface area contributed by atoms with Crippen LogP contribution in [-0.2, 0) is 19.2 Å². The van der Waals surface area contributed by atoms with Crippen LogP contribution in [0.25, 0.3) is 5.65 Å². The molecule has 0 bridgehead atoms. The summed E-state index contributed by atoms with van der Waals surface area (Å²) in [6.45, 7) is 0. The van der Waals surface area contributed by atoms with E-state index in [1.807, 2.05) is 70.9 Å². The quantitative estimate of drug-likeness (QED) is 0.499. The zero-order valence-electron chi connectivity index (χ0n) is 13.6. The van der Waals surface area contributed by atoms with Gasteiger partial charge in [0.1, 0.15) is 11.5 Å². The van der Waals surface area contributed by atoms with E-state index in [0.717, 1.165) is 45.1 Å². The van der Waals surface area contributed by atoms with Crippen molar-refractivity contribution in [2.24, 2.45) is 7.05 Å². The molecule has 4 rings (SSSR count). The second-order valence-corrected chi connectivity index (χ2v) is 7.13. The summed E-state index contributed by atoms with van der Waals surface area (Å²) in [4.78, 5) is 4.61. The molecule has 0 aliphatic rings. The van der Waals surface area contributed by atoms with E-state index < -0.39 is 0 Å². The molecule has 0 atom stereocenters. The van der Waals surface area contributed by atoms with Crippen molar-refractivity contribution in [1.29, 1.82) is 0 Å². The molecular weight excluding hydrogens is 354 g/mol. The highest BCUT2D eigenvalue weighted by molar-refractivity contribution is 7.98. The van der Waals surface area contributed by atoms with Crippen LogP contribution in [0.3, 0.4) is 0 Å². The van der Waals surface area contributed by atoms with Crippen LogP contribution in [0.4, 0.5) is 0 Å². The number of nitrogens with zero attached hydrogens (tertiary/aromatic N) is 5. The normalized spacial score (nSPS) is 11.3. The van der Waals surface area contributed by atoms with E-state index in [2.05, 4.69) is 15.2 Å². The topological polar surface area (TPSA) is 48.0 Å². The third kappa shape index (κ3) is 3.55. The molecular formula is C18H16ClN5S. The van der Waals surface area contributed by atoms with E-state index >= 15 is 0 Å². The fraction of sp³-hybridized carbons (Fsp3) is 0.167. The van der Waals surface area contributed by atoms with Crippen molar-refractivity contribution < 1.29 is 0 Å². The van der Waals surface area contributed by atoms with Crippen molar-refractivity contribution >= 4 is 29.0 Å². The van der Waals surface area contributed by atoms with E-state index in [1.165, 1.54) is 0 Å². The van der Waals surface area contributed by atoms with Crippen molar-refractivity contribution in [3.05, 3.63) is 77.0 Å². The van der Waals surface area contributed by atoms with E-state index in [1.54, 1.807) is 11.8 Å². The van der Waals surface area contributed by atoms with Crippen LogP contribution in [0.2, 0.25) is 5.02 Å². The summed E-state index contributed by atoms with van der Waals surface area (Å²) in [5.74, 6) is 1.69. The molecule has 1 aromatic carbocycles. The first kappa shape index (κ1) is 16.2. The van der Waals surface area contributed by atoms with E-state index in [4.69, 9.17) is 11.6 Å². The highest BCUT2D eigenvalue weighted by atomic mass is 35.5. The molecule has 0 spiro atoms. The maximum absolute atomic E-state index is 5.93. The average molecular weight is 370 g/mol. The Kier molecular flexibility index (Phi) is 4.46. The van der Waals surface area contributed by atoms with Crippen molar-refractivity contribution in [2.45, 2.75) is 17.3 Å². The average Bonchev–Trinajstić information content (AvgIpc) is 3.19. The van der Waals surface area contributed by atoms with Gasteiger partial charge in [-0.3, -0.25) is 0 Å². The number of hydrogen-bond acceptors (Lipinski definition) is 4. The molecule has 0 aliphatic heterocycles. The van der Waals surface area contributed by atoms with Crippen molar-refractivity contribution in [1.82, 2.24) is 24.1 Å². The van der Waals surface area contributed by atoms with Gasteiger partial charge in [-0.1, -0.05) is 41.6 Å². The summed E-state index contributed by atoms with van der Waals surface area (Å²) in [7, 11) is 2.00. The van der Waals surface area contributed by atoms with Gasteiger partial charge in [0.05, 0.1) is 5.69 Å². The fourth-order valence-corrected chi connectivity index (χ4v) is 3.54. The number of hydrogen-bond donors (Lipinski definition) is 0. The number of benzene rings is 1. The lowest BCUT2D eigenvalue weighted by Gasteiger charge is -2.03. The molecule has 0 aliphatic carbocycles. The summed E-state index contributed by atoms with van der Waals surface area (Å²) in [5, 5.41) is 10.3. The second-order valence-electron chi connectivity index (χ2n) is 5.75. The van der Waals surface area contributed by atoms with Gasteiger partial charge >= 0.3 is 0 Å². The summed E-state index contributed by atoms with van der Waals surface area (Å²) < 4.78 is 4.06. The summed E-state index contributed by atoms with van der Waals surface area (Å²) in [5.41, 5.74) is 3.15. The molecule has 3 heterocycles. The molecule has 0 fully saturated rings. The van der Waals surface area contributed by atoms with Gasteiger partial charge in [-0.15, -0.1) is 10.2 Å². The standard InChI is InChI=1S/C18H16ClN5S/c1-23-17(10-13-5-7-14(19)8-6-13)21-22-18(23)25-12-15-11-24-9-3-2-4-16(24)20-15/h2-9,11H,10,12H2,1H3. The Hall–Kier alpha value is -2.31. The lowest BCUT2D eigenvalue weighted by atomic mass is 10.1. The van der Waals surface area contributed by atoms with Crippen LogP contribution in [0, 0.1) is 0 Å². The number of imidazole rings is 1. The van der Waals surface area contributed by atoms with Gasteiger partial charge in [0.15, 0.2) is 5.16 Å². The third-order valence-electron chi connectivity index (χ3n) is 3.96. The molecule has 4 aromatic rings. The molecule has 7 heteroatoms. The van der Waals surface area contributed by atoms with Crippen LogP contribution in [0.5, 0.6) is 0 Å². The summed E-state index contributed by atoms with van der Waals surface area (Å²) in [6, 6.07) is 13.8. The SMILES string of the molecule is Cn1c(Cc2ccc(Cl)cc2)nnc1SCc1cn2ccccc2n1. The number of rotatable bonds is 5. The van der Waals surface area contributed by atoms with Gasteiger partial charge < -0.3 is 8.97 Å². The Balaban J connectivity index is 1.46. The Morgan fingerprint density at radius 3 is 2.72 bits per heavy atom. The summed E-state index contributed by atoms with van der Waals surface area (Å²) in [6.07, 6.45) is 4.78. The van der Waals surface area contributed by atoms with Gasteiger partial charge in [0, 0.05) is 36.6 Å². The lowest BCUT2D eigenvalue weighted by molar-refractivity contribution is 0.748. The van der Waals surface area contributed by atoms with E-state index in [-0.39, 0.29) is 0 Å². The predicted molar refractivity (Wildman–Crippen MR) is 100 cm³/mol. The first-order valence-electron chi connectivity index (χ1n) is 7.87. The van der Waals surface area contributed by atoms with Gasteiger partial charge in [0.2, 0.25) is 0 Å². The number of fused-ring (bicyclic) bond motifs is 1. The number of halogens is 1. The Bertz CT molecular complexity index is 973. The van der Waals surface area contributed by atoms with Gasteiger partial charge in [-0.2, -0.15) is 0 Å². The molecule has 0 unspecified atom stereocenters. The molecule has 0 amide bonds. The molecule has 0 saturated heterocycles. The van der Waals surface area contributed by atoms with Crippen LogP contribution in [0.15, 0.2) is 60.0 Å². The summed E-state index contributed by atoms with van der Waals surface area (Å²) >= 11 is 7.58. The minimum atomic E-state index is 0.732. The highest BCUT2D eigenvalue weighted by Gasteiger charge is 2.11. The van der Waals surface area contributed by atoms with Crippen molar-refractivity contribution in [2.75, 3.05) is 0 Å². The molecule has 0 N–H and O–H groups in total. The van der Waals surface area contributed by atoms with Gasteiger partial charge in [-0.05, 0) is 29.8 Å². The van der Waals surface area contributed by atoms with Gasteiger partial charge in [0.25, 0.3) is 0 Å². The third-order valence-corrected chi connectivity index (χ3v) is 5.27. The van der Waals surface area contributed by atoms with Crippen LogP contribution >= 0.6 is 23.4 Å². The Labute approximate surface area is 154 Å². The van der Waals surface area contributed by atoms with Crippen LogP contribution in [-0.4, -0.2) is 24.1 Å². The van der Waals surface area contributed by atoms with Crippen LogP contribution < -0.4 is 0 Å². The first-order chi connectivity index (χ1) is 12.2. The first-order valence-corrected chi connectivity index (χ1v) is 9.23. The zero-order valence-corrected chi connectivity index (χ0v) is 15.2. The predicted octanol–water partition coefficient (Wildman–Crippen LogP) is 4.00. The number of aromatic nitrogens is 5. The molecule has 5 nitrogen and oxygen atoms in total. The molecule has 126 valence electrons. The molecule has 3 aromatic heterocycles. The zero-order chi connectivity index (χ0) is 17.2. The van der Waals surface area contributed by atoms with Crippen molar-refractivity contribution in [3.8, 4) is 0 Å². The molecule has 25 heavy (non-hydrogen) atoms. The minimum absolute atomic E-state index is 0.732. The van der Waals surface area contributed by atoms with E-state index in [0.29, 0.717) is 0 Å². The van der Waals surface area contributed by atoms with Crippen molar-refractivity contribution in [3.63, 3.8) is 0 Å². The number of pyridine rings is 1. The maximum atomic E-state index is 5.93. The number of thioether (sulfide) groups is 1. The monoisotopic (exact) mass is 369 g/mol. The smallest absolute Gasteiger partial charge is 0.191 e. The maximum Gasteiger partial charge on any atom is 0.191 e. The minimum Gasteiger partial charge on any atom is -0.309 e. The highest BCUT2D eigenvalue weighted by Crippen LogP contribution is 2.22. The van der Waals surface area contributed by atoms with Gasteiger partial charge in [-0.25, -0.2) is 4.98 Å². The van der Waals surface area contributed by atoms with E-state index in [9.17, 15) is 0 Å². The second kappa shape index (κ2) is 6.90. The fourth-order valence-electron chi connectivity index (χ4n) is 2.60. The largest absolute Gasteiger partial charge is 0.309 e.